The molecule has 88 valence electrons. The van der Waals surface area contributed by atoms with Gasteiger partial charge in [-0.15, -0.1) is 0 Å². The van der Waals surface area contributed by atoms with Crippen LogP contribution in [-0.4, -0.2) is 22.8 Å². The molecule has 0 atom stereocenters. The van der Waals surface area contributed by atoms with E-state index in [4.69, 9.17) is 0 Å². The Labute approximate surface area is 107 Å². The molecule has 0 bridgehead atoms. The van der Waals surface area contributed by atoms with E-state index in [0.717, 1.165) is 17.9 Å². The van der Waals surface area contributed by atoms with Crippen molar-refractivity contribution in [1.82, 2.24) is 4.90 Å². The van der Waals surface area contributed by atoms with E-state index in [-0.39, 0.29) is 0 Å². The summed E-state index contributed by atoms with van der Waals surface area (Å²) in [5.74, 6) is 0. The number of aryl methyl sites for hydroxylation is 1. The maximum Gasteiger partial charge on any atom is 0.0239 e. The lowest BCUT2D eigenvalue weighted by Gasteiger charge is -2.37. The summed E-state index contributed by atoms with van der Waals surface area (Å²) in [5, 5.41) is 1.08. The van der Waals surface area contributed by atoms with Crippen molar-refractivity contribution in [3.8, 4) is 0 Å². The van der Waals surface area contributed by atoms with E-state index in [0.29, 0.717) is 0 Å². The van der Waals surface area contributed by atoms with Gasteiger partial charge in [0, 0.05) is 24.5 Å². The Kier molecular flexibility index (Phi) is 4.42. The highest BCUT2D eigenvalue weighted by atomic mass is 79.9. The highest BCUT2D eigenvalue weighted by molar-refractivity contribution is 9.09. The highest BCUT2D eigenvalue weighted by Crippen LogP contribution is 2.26. The van der Waals surface area contributed by atoms with Crippen LogP contribution in [0.5, 0.6) is 0 Å². The van der Waals surface area contributed by atoms with Crippen LogP contribution in [0.2, 0.25) is 0 Å². The van der Waals surface area contributed by atoms with Crippen LogP contribution in [0.1, 0.15) is 30.4 Å². The molecule has 2 heteroatoms. The molecular formula is C14H20BrN. The Balaban J connectivity index is 2.01. The zero-order valence-electron chi connectivity index (χ0n) is 9.95. The zero-order chi connectivity index (χ0) is 11.4. The average molecular weight is 282 g/mol. The number of rotatable bonds is 5. The molecule has 0 radical (unpaired) electrons. The SMILES string of the molecule is Cc1ccccc1CN(CCBr)C1CCC1. The van der Waals surface area contributed by atoms with Crippen molar-refractivity contribution in [2.75, 3.05) is 11.9 Å². The average Bonchev–Trinajstić information content (AvgIpc) is 2.19. The number of halogens is 1. The van der Waals surface area contributed by atoms with E-state index in [1.54, 1.807) is 0 Å². The van der Waals surface area contributed by atoms with Gasteiger partial charge in [0.05, 0.1) is 0 Å². The van der Waals surface area contributed by atoms with Crippen molar-refractivity contribution in [1.29, 1.82) is 0 Å². The van der Waals surface area contributed by atoms with Crippen LogP contribution in [0.3, 0.4) is 0 Å². The lowest BCUT2D eigenvalue weighted by Crippen LogP contribution is -2.40. The summed E-state index contributed by atoms with van der Waals surface area (Å²) in [4.78, 5) is 2.63. The standard InChI is InChI=1S/C14H20BrN/c1-12-5-2-3-6-13(12)11-16(10-9-15)14-7-4-8-14/h2-3,5-6,14H,4,7-11H2,1H3. The summed E-state index contributed by atoms with van der Waals surface area (Å²) >= 11 is 3.56. The topological polar surface area (TPSA) is 3.24 Å². The first-order valence-corrected chi connectivity index (χ1v) is 7.28. The van der Waals surface area contributed by atoms with Crippen LogP contribution in [0, 0.1) is 6.92 Å². The molecule has 0 amide bonds. The van der Waals surface area contributed by atoms with E-state index in [9.17, 15) is 0 Å². The van der Waals surface area contributed by atoms with Gasteiger partial charge in [0.2, 0.25) is 0 Å². The second-order valence-corrected chi connectivity index (χ2v) is 5.46. The van der Waals surface area contributed by atoms with Gasteiger partial charge in [0.25, 0.3) is 0 Å². The van der Waals surface area contributed by atoms with Crippen molar-refractivity contribution in [2.24, 2.45) is 0 Å². The van der Waals surface area contributed by atoms with Crippen LogP contribution in [0.25, 0.3) is 0 Å². The zero-order valence-corrected chi connectivity index (χ0v) is 11.5. The maximum absolute atomic E-state index is 3.56. The number of benzene rings is 1. The van der Waals surface area contributed by atoms with Crippen LogP contribution < -0.4 is 0 Å². The molecule has 0 unspecified atom stereocenters. The lowest BCUT2D eigenvalue weighted by molar-refractivity contribution is 0.128. The largest absolute Gasteiger partial charge is 0.295 e. The van der Waals surface area contributed by atoms with Gasteiger partial charge in [-0.25, -0.2) is 0 Å². The number of hydrogen-bond donors (Lipinski definition) is 0. The van der Waals surface area contributed by atoms with E-state index in [2.05, 4.69) is 52.0 Å². The smallest absolute Gasteiger partial charge is 0.0239 e. The first-order valence-electron chi connectivity index (χ1n) is 6.16. The molecule has 1 aliphatic rings. The molecule has 0 heterocycles. The Morgan fingerprint density at radius 1 is 1.31 bits per heavy atom. The second kappa shape index (κ2) is 5.83. The lowest BCUT2D eigenvalue weighted by atomic mass is 9.91. The summed E-state index contributed by atoms with van der Waals surface area (Å²) in [6, 6.07) is 9.57. The fourth-order valence-electron chi connectivity index (χ4n) is 2.26. The van der Waals surface area contributed by atoms with Gasteiger partial charge < -0.3 is 0 Å². The molecule has 0 aliphatic heterocycles. The van der Waals surface area contributed by atoms with Crippen LogP contribution in [0.15, 0.2) is 24.3 Å². The third-order valence-corrected chi connectivity index (χ3v) is 3.95. The van der Waals surface area contributed by atoms with Crippen molar-refractivity contribution in [3.63, 3.8) is 0 Å². The number of hydrogen-bond acceptors (Lipinski definition) is 1. The molecule has 2 rings (SSSR count). The molecule has 1 aromatic rings. The van der Waals surface area contributed by atoms with Gasteiger partial charge in [0.15, 0.2) is 0 Å². The molecule has 0 aromatic heterocycles. The highest BCUT2D eigenvalue weighted by Gasteiger charge is 2.24. The summed E-state index contributed by atoms with van der Waals surface area (Å²) in [7, 11) is 0. The number of alkyl halides is 1. The summed E-state index contributed by atoms with van der Waals surface area (Å²) in [6.07, 6.45) is 4.19. The Bertz CT molecular complexity index is 333. The van der Waals surface area contributed by atoms with Crippen LogP contribution in [0.4, 0.5) is 0 Å². The Morgan fingerprint density at radius 3 is 2.62 bits per heavy atom. The molecule has 1 aromatic carbocycles. The Hall–Kier alpha value is -0.340. The molecular weight excluding hydrogens is 262 g/mol. The summed E-state index contributed by atoms with van der Waals surface area (Å²) < 4.78 is 0. The molecule has 1 fully saturated rings. The van der Waals surface area contributed by atoms with Gasteiger partial charge in [-0.3, -0.25) is 4.90 Å². The van der Waals surface area contributed by atoms with Crippen molar-refractivity contribution in [2.45, 2.75) is 38.8 Å². The van der Waals surface area contributed by atoms with E-state index in [1.807, 2.05) is 0 Å². The van der Waals surface area contributed by atoms with Crippen molar-refractivity contribution < 1.29 is 0 Å². The van der Waals surface area contributed by atoms with E-state index in [1.165, 1.54) is 36.9 Å². The van der Waals surface area contributed by atoms with Crippen LogP contribution >= 0.6 is 15.9 Å². The first-order chi connectivity index (χ1) is 7.81. The van der Waals surface area contributed by atoms with E-state index >= 15 is 0 Å². The predicted octanol–water partition coefficient (Wildman–Crippen LogP) is 3.74. The molecule has 16 heavy (non-hydrogen) atoms. The normalized spacial score (nSPS) is 16.4. The Morgan fingerprint density at radius 2 is 2.06 bits per heavy atom. The van der Waals surface area contributed by atoms with Crippen molar-refractivity contribution in [3.05, 3.63) is 35.4 Å². The first kappa shape index (κ1) is 12.1. The molecule has 1 aliphatic carbocycles. The quantitative estimate of drug-likeness (QED) is 0.744. The van der Waals surface area contributed by atoms with Gasteiger partial charge >= 0.3 is 0 Å². The monoisotopic (exact) mass is 281 g/mol. The number of nitrogens with zero attached hydrogens (tertiary/aromatic N) is 1. The minimum absolute atomic E-state index is 0.831. The van der Waals surface area contributed by atoms with Gasteiger partial charge in [0.1, 0.15) is 0 Å². The molecule has 1 saturated carbocycles. The minimum atomic E-state index is 0.831. The molecule has 0 saturated heterocycles. The van der Waals surface area contributed by atoms with Gasteiger partial charge in [-0.1, -0.05) is 46.6 Å². The van der Waals surface area contributed by atoms with Gasteiger partial charge in [-0.2, -0.15) is 0 Å². The van der Waals surface area contributed by atoms with Gasteiger partial charge in [-0.05, 0) is 30.9 Å². The second-order valence-electron chi connectivity index (χ2n) is 4.67. The third kappa shape index (κ3) is 2.86. The third-order valence-electron chi connectivity index (χ3n) is 3.60. The fraction of sp³-hybridized carbons (Fsp3) is 0.571. The summed E-state index contributed by atoms with van der Waals surface area (Å²) in [6.45, 7) is 4.49. The minimum Gasteiger partial charge on any atom is -0.295 e. The van der Waals surface area contributed by atoms with Crippen molar-refractivity contribution >= 4 is 15.9 Å². The maximum atomic E-state index is 3.56. The van der Waals surface area contributed by atoms with E-state index < -0.39 is 0 Å². The molecule has 0 N–H and O–H groups in total. The summed E-state index contributed by atoms with van der Waals surface area (Å²) in [5.41, 5.74) is 2.90. The molecule has 1 nitrogen and oxygen atoms in total. The molecule has 0 spiro atoms. The fourth-order valence-corrected chi connectivity index (χ4v) is 2.71. The predicted molar refractivity (Wildman–Crippen MR) is 73.0 cm³/mol. The van der Waals surface area contributed by atoms with Crippen LogP contribution in [-0.2, 0) is 6.54 Å².